The van der Waals surface area contributed by atoms with Crippen LogP contribution in [0.25, 0.3) is 11.4 Å². The summed E-state index contributed by atoms with van der Waals surface area (Å²) < 4.78 is 1.89. The van der Waals surface area contributed by atoms with Crippen LogP contribution in [0.15, 0.2) is 58.8 Å². The second kappa shape index (κ2) is 4.80. The highest BCUT2D eigenvalue weighted by Crippen LogP contribution is 2.39. The zero-order chi connectivity index (χ0) is 15.4. The Morgan fingerprint density at radius 1 is 1.09 bits per heavy atom. The predicted molar refractivity (Wildman–Crippen MR) is 91.9 cm³/mol. The van der Waals surface area contributed by atoms with Gasteiger partial charge in [0.15, 0.2) is 5.82 Å². The number of hydrogen-bond acceptors (Lipinski definition) is 4. The lowest BCUT2D eigenvalue weighted by molar-refractivity contribution is 0.753. The first-order valence-electron chi connectivity index (χ1n) is 7.66. The number of nitrogens with zero attached hydrogens (tertiary/aromatic N) is 4. The number of thioether (sulfide) groups is 1. The molecule has 5 heteroatoms. The Labute approximate surface area is 138 Å². The van der Waals surface area contributed by atoms with E-state index in [2.05, 4.69) is 35.3 Å². The molecule has 1 unspecified atom stereocenters. The standard InChI is InChI=1S/C18H14N4S/c1-11-7-8-13-10-15-16(14(13)9-11)21-22-17(19-20-18(22)23-15)12-5-3-2-4-6-12/h2-9,15H,10H2,1H3. The molecular formula is C18H14N4S. The second-order valence-electron chi connectivity index (χ2n) is 5.94. The molecule has 0 radical (unpaired) electrons. The summed E-state index contributed by atoms with van der Waals surface area (Å²) in [7, 11) is 0. The fraction of sp³-hybridized carbons (Fsp3) is 0.167. The molecule has 112 valence electrons. The molecule has 1 aliphatic heterocycles. The van der Waals surface area contributed by atoms with Gasteiger partial charge in [0.2, 0.25) is 5.16 Å². The third-order valence-corrected chi connectivity index (χ3v) is 5.49. The summed E-state index contributed by atoms with van der Waals surface area (Å²) in [5.74, 6) is 0.806. The Bertz CT molecular complexity index is 943. The van der Waals surface area contributed by atoms with Gasteiger partial charge in [0.1, 0.15) is 0 Å². The zero-order valence-electron chi connectivity index (χ0n) is 12.6. The average Bonchev–Trinajstić information content (AvgIpc) is 3.14. The molecule has 0 spiro atoms. The normalized spacial score (nSPS) is 18.1. The minimum atomic E-state index is 0.354. The van der Waals surface area contributed by atoms with Gasteiger partial charge in [0.25, 0.3) is 0 Å². The number of hydrogen-bond donors (Lipinski definition) is 0. The lowest BCUT2D eigenvalue weighted by atomic mass is 10.1. The van der Waals surface area contributed by atoms with Crippen LogP contribution in [-0.2, 0) is 6.42 Å². The molecule has 0 fully saturated rings. The monoisotopic (exact) mass is 318 g/mol. The highest BCUT2D eigenvalue weighted by atomic mass is 32.2. The topological polar surface area (TPSA) is 43.1 Å². The molecule has 5 rings (SSSR count). The van der Waals surface area contributed by atoms with E-state index in [-0.39, 0.29) is 0 Å². The van der Waals surface area contributed by atoms with Crippen molar-refractivity contribution in [2.75, 3.05) is 0 Å². The van der Waals surface area contributed by atoms with Crippen LogP contribution in [0.3, 0.4) is 0 Å². The van der Waals surface area contributed by atoms with Gasteiger partial charge in [-0.2, -0.15) is 9.78 Å². The molecule has 23 heavy (non-hydrogen) atoms. The Hall–Kier alpha value is -2.40. The molecule has 1 aliphatic carbocycles. The first-order valence-corrected chi connectivity index (χ1v) is 8.54. The van der Waals surface area contributed by atoms with Gasteiger partial charge in [0.05, 0.1) is 11.0 Å². The molecule has 1 atom stereocenters. The van der Waals surface area contributed by atoms with Crippen LogP contribution in [0, 0.1) is 6.92 Å². The van der Waals surface area contributed by atoms with E-state index >= 15 is 0 Å². The van der Waals surface area contributed by atoms with Crippen molar-refractivity contribution in [3.8, 4) is 11.4 Å². The second-order valence-corrected chi connectivity index (χ2v) is 7.11. The van der Waals surface area contributed by atoms with Crippen molar-refractivity contribution in [1.29, 1.82) is 0 Å². The van der Waals surface area contributed by atoms with Gasteiger partial charge in [-0.1, -0.05) is 59.8 Å². The minimum Gasteiger partial charge on any atom is -0.186 e. The summed E-state index contributed by atoms with van der Waals surface area (Å²) in [5.41, 5.74) is 6.12. The van der Waals surface area contributed by atoms with Gasteiger partial charge in [-0.25, -0.2) is 0 Å². The molecule has 0 saturated heterocycles. The van der Waals surface area contributed by atoms with Gasteiger partial charge in [-0.3, -0.25) is 0 Å². The van der Waals surface area contributed by atoms with Crippen LogP contribution in [0.4, 0.5) is 0 Å². The summed E-state index contributed by atoms with van der Waals surface area (Å²) in [4.78, 5) is 0. The van der Waals surface area contributed by atoms with Gasteiger partial charge in [-0.05, 0) is 25.0 Å². The van der Waals surface area contributed by atoms with Crippen molar-refractivity contribution in [3.63, 3.8) is 0 Å². The van der Waals surface area contributed by atoms with Gasteiger partial charge >= 0.3 is 0 Å². The van der Waals surface area contributed by atoms with Crippen LogP contribution in [0.5, 0.6) is 0 Å². The summed E-state index contributed by atoms with van der Waals surface area (Å²) in [6.07, 6.45) is 1.02. The molecule has 1 aromatic heterocycles. The molecular weight excluding hydrogens is 304 g/mol. The van der Waals surface area contributed by atoms with E-state index in [1.807, 2.05) is 35.0 Å². The van der Waals surface area contributed by atoms with Crippen LogP contribution in [0.2, 0.25) is 0 Å². The van der Waals surface area contributed by atoms with Gasteiger partial charge < -0.3 is 0 Å². The average molecular weight is 318 g/mol. The maximum absolute atomic E-state index is 4.91. The lowest BCUT2D eigenvalue weighted by Crippen LogP contribution is -2.20. The number of aryl methyl sites for hydroxylation is 1. The molecule has 4 nitrogen and oxygen atoms in total. The van der Waals surface area contributed by atoms with E-state index < -0.39 is 0 Å². The van der Waals surface area contributed by atoms with E-state index in [9.17, 15) is 0 Å². The molecule has 0 amide bonds. The van der Waals surface area contributed by atoms with E-state index in [0.29, 0.717) is 5.25 Å². The molecule has 3 aromatic rings. The van der Waals surface area contributed by atoms with Crippen molar-refractivity contribution < 1.29 is 0 Å². The Balaban J connectivity index is 1.68. The van der Waals surface area contributed by atoms with Gasteiger partial charge in [-0.15, -0.1) is 10.2 Å². The van der Waals surface area contributed by atoms with Crippen LogP contribution in [-0.4, -0.2) is 25.8 Å². The summed E-state index contributed by atoms with van der Waals surface area (Å²) in [6, 6.07) is 16.8. The molecule has 2 aromatic carbocycles. The molecule has 0 saturated carbocycles. The predicted octanol–water partition coefficient (Wildman–Crippen LogP) is 3.54. The molecule has 0 bridgehead atoms. The minimum absolute atomic E-state index is 0.354. The van der Waals surface area contributed by atoms with Crippen molar-refractivity contribution in [1.82, 2.24) is 14.9 Å². The number of fused-ring (bicyclic) bond motifs is 4. The summed E-state index contributed by atoms with van der Waals surface area (Å²) in [5, 5.41) is 14.8. The number of aromatic nitrogens is 3. The smallest absolute Gasteiger partial charge is 0.186 e. The number of rotatable bonds is 1. The van der Waals surface area contributed by atoms with E-state index in [4.69, 9.17) is 5.10 Å². The quantitative estimate of drug-likeness (QED) is 0.689. The first kappa shape index (κ1) is 13.1. The Morgan fingerprint density at radius 3 is 2.83 bits per heavy atom. The molecule has 0 N–H and O–H groups in total. The van der Waals surface area contributed by atoms with E-state index in [0.717, 1.165) is 28.7 Å². The van der Waals surface area contributed by atoms with Crippen molar-refractivity contribution in [2.24, 2.45) is 5.10 Å². The third-order valence-electron chi connectivity index (χ3n) is 4.35. The Morgan fingerprint density at radius 2 is 1.96 bits per heavy atom. The summed E-state index contributed by atoms with van der Waals surface area (Å²) in [6.45, 7) is 2.13. The van der Waals surface area contributed by atoms with E-state index in [1.54, 1.807) is 11.8 Å². The molecule has 2 heterocycles. The lowest BCUT2D eigenvalue weighted by Gasteiger charge is -2.17. The van der Waals surface area contributed by atoms with Crippen LogP contribution >= 0.6 is 11.8 Å². The third kappa shape index (κ3) is 1.96. The fourth-order valence-electron chi connectivity index (χ4n) is 3.22. The van der Waals surface area contributed by atoms with E-state index in [1.165, 1.54) is 16.7 Å². The first-order chi connectivity index (χ1) is 11.3. The fourth-order valence-corrected chi connectivity index (χ4v) is 4.34. The molecule has 2 aliphatic rings. The SMILES string of the molecule is Cc1ccc2c(c1)C1=Nn3c(nnc3-c3ccccc3)SC1C2. The Kier molecular flexibility index (Phi) is 2.73. The highest BCUT2D eigenvalue weighted by Gasteiger charge is 2.35. The van der Waals surface area contributed by atoms with Crippen molar-refractivity contribution >= 4 is 17.5 Å². The largest absolute Gasteiger partial charge is 0.213 e. The van der Waals surface area contributed by atoms with Crippen LogP contribution < -0.4 is 0 Å². The maximum Gasteiger partial charge on any atom is 0.213 e. The van der Waals surface area contributed by atoms with Crippen molar-refractivity contribution in [3.05, 3.63) is 65.2 Å². The van der Waals surface area contributed by atoms with Crippen LogP contribution in [0.1, 0.15) is 16.7 Å². The zero-order valence-corrected chi connectivity index (χ0v) is 13.4. The maximum atomic E-state index is 4.91. The highest BCUT2D eigenvalue weighted by molar-refractivity contribution is 8.00. The summed E-state index contributed by atoms with van der Waals surface area (Å²) >= 11 is 1.76. The van der Waals surface area contributed by atoms with Gasteiger partial charge in [0, 0.05) is 11.1 Å². The number of benzene rings is 2. The van der Waals surface area contributed by atoms with Crippen molar-refractivity contribution in [2.45, 2.75) is 23.8 Å².